The molecule has 0 aliphatic heterocycles. The Morgan fingerprint density at radius 2 is 1.62 bits per heavy atom. The highest BCUT2D eigenvalue weighted by atomic mass is 16.3. The zero-order valence-electron chi connectivity index (χ0n) is 14.0. The van der Waals surface area contributed by atoms with Crippen molar-refractivity contribution in [2.75, 3.05) is 6.54 Å². The van der Waals surface area contributed by atoms with E-state index in [4.69, 9.17) is 0 Å². The Balaban J connectivity index is 2.79. The van der Waals surface area contributed by atoms with Crippen molar-refractivity contribution in [2.45, 2.75) is 59.2 Å². The number of hydrogen-bond donors (Lipinski definition) is 3. The Labute approximate surface area is 128 Å². The van der Waals surface area contributed by atoms with Gasteiger partial charge >= 0.3 is 0 Å². The van der Waals surface area contributed by atoms with E-state index < -0.39 is 0 Å². The van der Waals surface area contributed by atoms with Crippen LogP contribution >= 0.6 is 0 Å². The van der Waals surface area contributed by atoms with Crippen LogP contribution in [0.25, 0.3) is 0 Å². The summed E-state index contributed by atoms with van der Waals surface area (Å²) in [6, 6.07) is 5.02. The predicted octanol–water partition coefficient (Wildman–Crippen LogP) is 2.85. The van der Waals surface area contributed by atoms with Gasteiger partial charge in [0.1, 0.15) is 5.75 Å². The smallest absolute Gasteiger partial charge is 0.176 e. The average Bonchev–Trinajstić information content (AvgIpc) is 2.33. The monoisotopic (exact) mass is 292 g/mol. The van der Waals surface area contributed by atoms with E-state index in [1.54, 1.807) is 18.2 Å². The van der Waals surface area contributed by atoms with Crippen molar-refractivity contribution in [2.24, 2.45) is 0 Å². The highest BCUT2D eigenvalue weighted by molar-refractivity contribution is 5.98. The molecule has 0 aliphatic rings. The third kappa shape index (κ3) is 6.74. The lowest BCUT2D eigenvalue weighted by molar-refractivity contribution is 0.0982. The number of nitrogens with one attached hydrogen (secondary N) is 2. The van der Waals surface area contributed by atoms with Gasteiger partial charge < -0.3 is 15.7 Å². The molecule has 21 heavy (non-hydrogen) atoms. The molecule has 0 bridgehead atoms. The fourth-order valence-corrected chi connectivity index (χ4v) is 1.71. The molecule has 0 saturated heterocycles. The van der Waals surface area contributed by atoms with Crippen LogP contribution < -0.4 is 10.6 Å². The van der Waals surface area contributed by atoms with Crippen molar-refractivity contribution < 1.29 is 9.90 Å². The molecule has 0 amide bonds. The zero-order chi connectivity index (χ0) is 16.3. The molecule has 1 rings (SSSR count). The summed E-state index contributed by atoms with van der Waals surface area (Å²) in [5.41, 5.74) is 1.23. The van der Waals surface area contributed by atoms with E-state index in [1.807, 2.05) is 20.8 Å². The van der Waals surface area contributed by atoms with Crippen molar-refractivity contribution in [1.29, 1.82) is 0 Å². The van der Waals surface area contributed by atoms with Crippen LogP contribution in [0.3, 0.4) is 0 Å². The van der Waals surface area contributed by atoms with Crippen LogP contribution in [0.15, 0.2) is 18.2 Å². The highest BCUT2D eigenvalue weighted by Gasteiger charge is 2.15. The number of rotatable bonds is 5. The Hall–Kier alpha value is -1.39. The minimum Gasteiger partial charge on any atom is -0.508 e. The molecule has 0 saturated carbocycles. The third-order valence-electron chi connectivity index (χ3n) is 2.99. The molecule has 0 heterocycles. The molecule has 0 spiro atoms. The second-order valence-corrected chi connectivity index (χ2v) is 7.47. The first-order valence-corrected chi connectivity index (χ1v) is 7.33. The average molecular weight is 292 g/mol. The van der Waals surface area contributed by atoms with Gasteiger partial charge in [-0.15, -0.1) is 0 Å². The summed E-state index contributed by atoms with van der Waals surface area (Å²) in [4.78, 5) is 12.2. The van der Waals surface area contributed by atoms with Gasteiger partial charge in [0, 0.05) is 28.7 Å². The lowest BCUT2D eigenvalue weighted by Crippen LogP contribution is -2.39. The third-order valence-corrected chi connectivity index (χ3v) is 2.99. The molecule has 4 heteroatoms. The maximum atomic E-state index is 12.2. The van der Waals surface area contributed by atoms with Crippen molar-refractivity contribution in [3.8, 4) is 5.75 Å². The first kappa shape index (κ1) is 17.7. The number of benzene rings is 1. The minimum absolute atomic E-state index is 0.0296. The highest BCUT2D eigenvalue weighted by Crippen LogP contribution is 2.19. The quantitative estimate of drug-likeness (QED) is 0.730. The SMILES string of the molecule is CC(C)(C)NCC(=O)c1ccc(O)c(CNC(C)(C)C)c1. The molecule has 0 aromatic heterocycles. The molecule has 0 aliphatic carbocycles. The number of carbonyl (C=O) groups excluding carboxylic acids is 1. The number of ketones is 1. The summed E-state index contributed by atoms with van der Waals surface area (Å²) in [5.74, 6) is 0.244. The maximum absolute atomic E-state index is 12.2. The molecule has 1 aromatic rings. The van der Waals surface area contributed by atoms with Gasteiger partial charge in [0.2, 0.25) is 0 Å². The summed E-state index contributed by atoms with van der Waals surface area (Å²) >= 11 is 0. The van der Waals surface area contributed by atoms with Gasteiger partial charge in [0.15, 0.2) is 5.78 Å². The Bertz CT molecular complexity index is 496. The van der Waals surface area contributed by atoms with Crippen molar-refractivity contribution in [3.05, 3.63) is 29.3 Å². The van der Waals surface area contributed by atoms with Crippen LogP contribution in [0, 0.1) is 0 Å². The minimum atomic E-state index is -0.0940. The van der Waals surface area contributed by atoms with Gasteiger partial charge in [-0.3, -0.25) is 4.79 Å². The van der Waals surface area contributed by atoms with Crippen LogP contribution in [-0.4, -0.2) is 28.5 Å². The largest absolute Gasteiger partial charge is 0.508 e. The van der Waals surface area contributed by atoms with Crippen LogP contribution in [0.2, 0.25) is 0 Å². The second kappa shape index (κ2) is 6.58. The van der Waals surface area contributed by atoms with Gasteiger partial charge in [-0.05, 0) is 59.7 Å². The molecule has 0 radical (unpaired) electrons. The second-order valence-electron chi connectivity index (χ2n) is 7.47. The lowest BCUT2D eigenvalue weighted by Gasteiger charge is -2.21. The lowest BCUT2D eigenvalue weighted by atomic mass is 10.0. The Kier molecular flexibility index (Phi) is 5.54. The molecule has 0 atom stereocenters. The van der Waals surface area contributed by atoms with Gasteiger partial charge in [-0.2, -0.15) is 0 Å². The first-order valence-electron chi connectivity index (χ1n) is 7.33. The Morgan fingerprint density at radius 1 is 1.05 bits per heavy atom. The van der Waals surface area contributed by atoms with Crippen LogP contribution in [0.1, 0.15) is 57.5 Å². The summed E-state index contributed by atoms with van der Waals surface area (Å²) in [7, 11) is 0. The van der Waals surface area contributed by atoms with E-state index in [-0.39, 0.29) is 22.6 Å². The molecule has 4 nitrogen and oxygen atoms in total. The van der Waals surface area contributed by atoms with E-state index in [1.165, 1.54) is 0 Å². The molecule has 0 unspecified atom stereocenters. The zero-order valence-corrected chi connectivity index (χ0v) is 14.0. The van der Waals surface area contributed by atoms with Crippen molar-refractivity contribution >= 4 is 5.78 Å². The van der Waals surface area contributed by atoms with Crippen LogP contribution in [-0.2, 0) is 6.54 Å². The Morgan fingerprint density at radius 3 is 2.14 bits per heavy atom. The number of Topliss-reactive ketones (excluding diaryl/α,β-unsaturated/α-hetero) is 1. The van der Waals surface area contributed by atoms with Crippen LogP contribution in [0.4, 0.5) is 0 Å². The number of aromatic hydroxyl groups is 1. The normalized spacial score (nSPS) is 12.5. The topological polar surface area (TPSA) is 61.4 Å². The van der Waals surface area contributed by atoms with E-state index >= 15 is 0 Å². The molecule has 1 aromatic carbocycles. The standard InChI is InChI=1S/C17H28N2O2/c1-16(2,3)18-10-13-9-12(7-8-14(13)20)15(21)11-19-17(4,5)6/h7-9,18-20H,10-11H2,1-6H3. The summed E-state index contributed by atoms with van der Waals surface area (Å²) in [5, 5.41) is 16.4. The van der Waals surface area contributed by atoms with Crippen molar-refractivity contribution in [1.82, 2.24) is 10.6 Å². The summed E-state index contributed by atoms with van der Waals surface area (Å²) in [6.07, 6.45) is 0. The van der Waals surface area contributed by atoms with E-state index in [0.29, 0.717) is 18.7 Å². The first-order chi connectivity index (χ1) is 9.48. The van der Waals surface area contributed by atoms with Gasteiger partial charge in [0.25, 0.3) is 0 Å². The van der Waals surface area contributed by atoms with Crippen LogP contribution in [0.5, 0.6) is 5.75 Å². The number of carbonyl (C=O) groups is 1. The molecular weight excluding hydrogens is 264 g/mol. The maximum Gasteiger partial charge on any atom is 0.176 e. The number of phenolic OH excluding ortho intramolecular Hbond substituents is 1. The van der Waals surface area contributed by atoms with Crippen molar-refractivity contribution in [3.63, 3.8) is 0 Å². The summed E-state index contributed by atoms with van der Waals surface area (Å²) in [6.45, 7) is 13.1. The summed E-state index contributed by atoms with van der Waals surface area (Å²) < 4.78 is 0. The molecular formula is C17H28N2O2. The van der Waals surface area contributed by atoms with Gasteiger partial charge in [-0.25, -0.2) is 0 Å². The number of phenols is 1. The molecule has 118 valence electrons. The predicted molar refractivity (Wildman–Crippen MR) is 86.8 cm³/mol. The molecule has 0 fully saturated rings. The molecule has 3 N–H and O–H groups in total. The fraction of sp³-hybridized carbons (Fsp3) is 0.588. The van der Waals surface area contributed by atoms with Gasteiger partial charge in [0.05, 0.1) is 6.54 Å². The van der Waals surface area contributed by atoms with E-state index in [0.717, 1.165) is 5.56 Å². The number of hydrogen-bond acceptors (Lipinski definition) is 4. The van der Waals surface area contributed by atoms with E-state index in [2.05, 4.69) is 31.4 Å². The van der Waals surface area contributed by atoms with Gasteiger partial charge in [-0.1, -0.05) is 0 Å². The van der Waals surface area contributed by atoms with E-state index in [9.17, 15) is 9.90 Å². The fourth-order valence-electron chi connectivity index (χ4n) is 1.71.